The van der Waals surface area contributed by atoms with Crippen molar-refractivity contribution in [2.45, 2.75) is 75.4 Å². The number of amides is 1. The van der Waals surface area contributed by atoms with Crippen molar-refractivity contribution in [3.8, 4) is 11.4 Å². The number of carbonyl (C=O) groups is 1. The van der Waals surface area contributed by atoms with Crippen LogP contribution in [0.25, 0.3) is 33.3 Å². The van der Waals surface area contributed by atoms with Gasteiger partial charge in [-0.15, -0.1) is 0 Å². The van der Waals surface area contributed by atoms with Crippen molar-refractivity contribution in [2.24, 2.45) is 5.41 Å². The maximum Gasteiger partial charge on any atom is 0.267 e. The summed E-state index contributed by atoms with van der Waals surface area (Å²) in [6, 6.07) is 21.8. The summed E-state index contributed by atoms with van der Waals surface area (Å²) in [5.74, 6) is -0.672. The second-order valence-electron chi connectivity index (χ2n) is 19.6. The number of aromatic amines is 1. The highest BCUT2D eigenvalue weighted by Gasteiger charge is 2.38. The van der Waals surface area contributed by atoms with Gasteiger partial charge in [0.2, 0.25) is 0 Å². The molecule has 3 aromatic heterocycles. The number of sulfonamides is 1. The number of allylic oxidation sites excluding steroid dienone is 1. The van der Waals surface area contributed by atoms with Crippen LogP contribution >= 0.6 is 23.2 Å². The van der Waals surface area contributed by atoms with Gasteiger partial charge in [-0.25, -0.2) is 27.5 Å². The van der Waals surface area contributed by atoms with E-state index in [-0.39, 0.29) is 33.3 Å². The number of carbonyl (C=O) groups excluding carboxylic acids is 1. The summed E-state index contributed by atoms with van der Waals surface area (Å²) in [6.07, 6.45) is 9.22. The number of anilines is 1. The van der Waals surface area contributed by atoms with Crippen LogP contribution in [0.1, 0.15) is 74.7 Å². The number of piperidine rings is 1. The molecule has 0 radical (unpaired) electrons. The SMILES string of the molecule is CC1(C)CCC(CN2CCN(c3ccc(C(=O)NS(=O)(=O)c4ccc(OCC5(F)CCN(C6CCOCC6)CC5)c(Cl)c4)c(-n4[nH]cc5nc6nccc6cc54)c3)CC2)=C(c2ccc(Cl)cc2)C1. The molecule has 0 spiro atoms. The average Bonchev–Trinajstić information content (AvgIpc) is 3.98. The number of rotatable bonds is 12. The standard InChI is InChI=1S/C51H57Cl2FN8O5S/c1-50(2)15-11-36(42(30-50)34-3-5-37(52)6-4-34)32-59-21-23-61(24-22-59)39-7-9-41(45(28-39)62-46-27-35-12-18-55-48(35)57-44(46)31-56-62)49(63)58-68(64,65)40-8-10-47(43(53)29-40)67-33-51(54)16-19-60(20-17-51)38-13-25-66-26-14-38/h3-10,12,18,27-29,31,38,56H,11,13-17,19-26,30,32-33H2,1-2H3,(H,58,63). The minimum Gasteiger partial charge on any atom is -0.489 e. The Bertz CT molecular complexity index is 2970. The van der Waals surface area contributed by atoms with Crippen LogP contribution in [0.5, 0.6) is 5.75 Å². The van der Waals surface area contributed by atoms with Crippen molar-refractivity contribution in [1.82, 2.24) is 34.3 Å². The highest BCUT2D eigenvalue weighted by Crippen LogP contribution is 2.44. The second kappa shape index (κ2) is 19.0. The molecule has 13 nitrogen and oxygen atoms in total. The maximum atomic E-state index is 15.9. The van der Waals surface area contributed by atoms with E-state index in [9.17, 15) is 13.2 Å². The molecule has 6 heterocycles. The first kappa shape index (κ1) is 46.7. The van der Waals surface area contributed by atoms with Crippen LogP contribution in [0.2, 0.25) is 10.0 Å². The number of nitrogens with one attached hydrogen (secondary N) is 2. The third kappa shape index (κ3) is 10.0. The Morgan fingerprint density at radius 1 is 0.941 bits per heavy atom. The molecule has 17 heteroatoms. The smallest absolute Gasteiger partial charge is 0.267 e. The molecule has 1 aliphatic carbocycles. The zero-order valence-electron chi connectivity index (χ0n) is 38.4. The number of fused-ring (bicyclic) bond motifs is 2. The first-order valence-electron chi connectivity index (χ1n) is 23.6. The molecule has 2 N–H and O–H groups in total. The molecule has 6 aromatic rings. The van der Waals surface area contributed by atoms with E-state index in [1.54, 1.807) is 23.1 Å². The van der Waals surface area contributed by atoms with E-state index in [4.69, 9.17) is 37.7 Å². The van der Waals surface area contributed by atoms with Crippen molar-refractivity contribution < 1.29 is 27.1 Å². The molecule has 3 fully saturated rings. The summed E-state index contributed by atoms with van der Waals surface area (Å²) >= 11 is 12.8. The number of nitrogens with zero attached hydrogens (tertiary/aromatic N) is 6. The number of halogens is 3. The predicted octanol–water partition coefficient (Wildman–Crippen LogP) is 9.48. The maximum absolute atomic E-state index is 15.9. The Kier molecular flexibility index (Phi) is 13.1. The second-order valence-corrected chi connectivity index (χ2v) is 22.1. The third-order valence-corrected chi connectivity index (χ3v) is 16.3. The van der Waals surface area contributed by atoms with E-state index >= 15 is 4.39 Å². The summed E-state index contributed by atoms with van der Waals surface area (Å²) in [4.78, 5) is 30.3. The average molecular weight is 984 g/mol. The summed E-state index contributed by atoms with van der Waals surface area (Å²) in [6.45, 7) is 11.3. The number of likely N-dealkylation sites (tertiary alicyclic amines) is 1. The fraction of sp³-hybridized carbons (Fsp3) is 0.431. The van der Waals surface area contributed by atoms with Crippen molar-refractivity contribution in [3.05, 3.63) is 112 Å². The molecule has 0 saturated carbocycles. The largest absolute Gasteiger partial charge is 0.489 e. The Labute approximate surface area is 406 Å². The van der Waals surface area contributed by atoms with Gasteiger partial charge in [-0.3, -0.25) is 24.4 Å². The molecule has 0 atom stereocenters. The molecule has 68 heavy (non-hydrogen) atoms. The van der Waals surface area contributed by atoms with Crippen LogP contribution in [0.3, 0.4) is 0 Å². The monoisotopic (exact) mass is 982 g/mol. The lowest BCUT2D eigenvalue weighted by Gasteiger charge is -2.41. The molecule has 3 aromatic carbocycles. The number of alkyl halides is 1. The van der Waals surface area contributed by atoms with Crippen LogP contribution < -0.4 is 14.4 Å². The topological polar surface area (TPSA) is 138 Å². The van der Waals surface area contributed by atoms with Gasteiger partial charge in [0.05, 0.1) is 26.7 Å². The normalized spacial score (nSPS) is 19.8. The Hall–Kier alpha value is -5.03. The molecule has 358 valence electrons. The molecule has 4 aliphatic rings. The van der Waals surface area contributed by atoms with Crippen LogP contribution in [0.4, 0.5) is 10.1 Å². The number of aromatic nitrogens is 4. The zero-order valence-corrected chi connectivity index (χ0v) is 40.8. The Balaban J connectivity index is 0.855. The molecule has 1 amide bonds. The number of H-pyrrole nitrogens is 1. The van der Waals surface area contributed by atoms with E-state index in [1.165, 1.54) is 34.9 Å². The number of benzene rings is 3. The minimum atomic E-state index is -4.43. The molecule has 10 rings (SSSR count). The van der Waals surface area contributed by atoms with Gasteiger partial charge in [-0.05, 0) is 122 Å². The number of piperazine rings is 1. The van der Waals surface area contributed by atoms with Gasteiger partial charge in [0.25, 0.3) is 15.9 Å². The fourth-order valence-electron chi connectivity index (χ4n) is 10.3. The van der Waals surface area contributed by atoms with Gasteiger partial charge in [0, 0.05) is 93.6 Å². The van der Waals surface area contributed by atoms with Crippen molar-refractivity contribution >= 4 is 72.5 Å². The number of pyridine rings is 1. The Morgan fingerprint density at radius 2 is 1.71 bits per heavy atom. The summed E-state index contributed by atoms with van der Waals surface area (Å²) in [7, 11) is -4.43. The molecule has 0 bridgehead atoms. The van der Waals surface area contributed by atoms with Gasteiger partial charge < -0.3 is 14.4 Å². The van der Waals surface area contributed by atoms with E-state index in [1.807, 2.05) is 36.4 Å². The van der Waals surface area contributed by atoms with Gasteiger partial charge >= 0.3 is 0 Å². The lowest BCUT2D eigenvalue weighted by atomic mass is 9.72. The molecule has 0 unspecified atom stereocenters. The van der Waals surface area contributed by atoms with E-state index < -0.39 is 21.6 Å². The Morgan fingerprint density at radius 3 is 2.46 bits per heavy atom. The minimum absolute atomic E-state index is 0.00987. The highest BCUT2D eigenvalue weighted by atomic mass is 35.5. The molecule has 3 aliphatic heterocycles. The summed E-state index contributed by atoms with van der Waals surface area (Å²) in [5, 5.41) is 4.81. The highest BCUT2D eigenvalue weighted by molar-refractivity contribution is 7.90. The van der Waals surface area contributed by atoms with Gasteiger partial charge in [-0.2, -0.15) is 0 Å². The number of hydrogen-bond donors (Lipinski definition) is 2. The first-order valence-corrected chi connectivity index (χ1v) is 25.8. The third-order valence-electron chi connectivity index (χ3n) is 14.4. The van der Waals surface area contributed by atoms with Crippen LogP contribution in [-0.2, 0) is 14.8 Å². The van der Waals surface area contributed by atoms with Crippen molar-refractivity contribution in [3.63, 3.8) is 0 Å². The molecular formula is C51H57Cl2FN8O5S. The summed E-state index contributed by atoms with van der Waals surface area (Å²) in [5.41, 5.74) is 6.21. The zero-order chi connectivity index (χ0) is 47.2. The van der Waals surface area contributed by atoms with Gasteiger partial charge in [-0.1, -0.05) is 54.8 Å². The van der Waals surface area contributed by atoms with E-state index in [2.05, 4.69) is 55.5 Å². The van der Waals surface area contributed by atoms with Crippen molar-refractivity contribution in [1.29, 1.82) is 0 Å². The predicted molar refractivity (Wildman–Crippen MR) is 265 cm³/mol. The van der Waals surface area contributed by atoms with Crippen molar-refractivity contribution in [2.75, 3.05) is 70.5 Å². The van der Waals surface area contributed by atoms with E-state index in [0.717, 1.165) is 94.1 Å². The molecule has 3 saturated heterocycles. The number of hydrogen-bond acceptors (Lipinski definition) is 10. The van der Waals surface area contributed by atoms with Crippen LogP contribution in [0.15, 0.2) is 95.7 Å². The van der Waals surface area contributed by atoms with E-state index in [0.29, 0.717) is 54.3 Å². The van der Waals surface area contributed by atoms with Gasteiger partial charge in [0.15, 0.2) is 5.65 Å². The first-order chi connectivity index (χ1) is 32.7. The van der Waals surface area contributed by atoms with Crippen LogP contribution in [-0.4, -0.2) is 121 Å². The lowest BCUT2D eigenvalue weighted by Crippen LogP contribution is -2.50. The van der Waals surface area contributed by atoms with Gasteiger partial charge in [0.1, 0.15) is 23.5 Å². The quantitative estimate of drug-likeness (QED) is 0.122. The molecular weight excluding hydrogens is 927 g/mol. The van der Waals surface area contributed by atoms with Crippen LogP contribution in [0, 0.1) is 5.41 Å². The number of ether oxygens (including phenoxy) is 2. The fourth-order valence-corrected chi connectivity index (χ4v) is 11.7. The summed E-state index contributed by atoms with van der Waals surface area (Å²) < 4.78 is 59.1. The lowest BCUT2D eigenvalue weighted by molar-refractivity contribution is -0.0214.